The fourth-order valence-electron chi connectivity index (χ4n) is 3.26. The van der Waals surface area contributed by atoms with Crippen LogP contribution in [0.5, 0.6) is 0 Å². The van der Waals surface area contributed by atoms with E-state index in [1.165, 1.54) is 0 Å². The Morgan fingerprint density at radius 3 is 1.73 bits per heavy atom. The summed E-state index contributed by atoms with van der Waals surface area (Å²) in [7, 11) is 0. The van der Waals surface area contributed by atoms with Gasteiger partial charge in [0.15, 0.2) is 0 Å². The van der Waals surface area contributed by atoms with E-state index in [0.717, 1.165) is 28.1 Å². The SMILES string of the molecule is NC(=O)c1cn(-c2ccccc2)c(-c2ccccc2)c1-c1ccccc1. The molecule has 0 aliphatic carbocycles. The van der Waals surface area contributed by atoms with Gasteiger partial charge in [-0.3, -0.25) is 4.79 Å². The molecule has 4 aromatic rings. The van der Waals surface area contributed by atoms with Crippen LogP contribution in [0.4, 0.5) is 0 Å². The zero-order valence-electron chi connectivity index (χ0n) is 14.2. The number of carbonyl (C=O) groups excluding carboxylic acids is 1. The van der Waals surface area contributed by atoms with Crippen LogP contribution in [0.25, 0.3) is 28.1 Å². The summed E-state index contributed by atoms with van der Waals surface area (Å²) >= 11 is 0. The van der Waals surface area contributed by atoms with E-state index < -0.39 is 5.91 Å². The second kappa shape index (κ2) is 6.73. The zero-order chi connectivity index (χ0) is 17.9. The molecule has 0 saturated carbocycles. The van der Waals surface area contributed by atoms with Crippen molar-refractivity contribution in [3.63, 3.8) is 0 Å². The number of primary amides is 1. The minimum absolute atomic E-state index is 0.435. The van der Waals surface area contributed by atoms with Crippen molar-refractivity contribution in [1.82, 2.24) is 4.57 Å². The Balaban J connectivity index is 2.09. The lowest BCUT2D eigenvalue weighted by atomic mass is 9.97. The van der Waals surface area contributed by atoms with E-state index in [-0.39, 0.29) is 0 Å². The number of aromatic nitrogens is 1. The molecule has 3 nitrogen and oxygen atoms in total. The molecule has 0 spiro atoms. The quantitative estimate of drug-likeness (QED) is 0.565. The normalized spacial score (nSPS) is 10.6. The minimum atomic E-state index is -0.435. The number of para-hydroxylation sites is 1. The lowest BCUT2D eigenvalue weighted by Gasteiger charge is -2.12. The number of rotatable bonds is 4. The maximum Gasteiger partial charge on any atom is 0.250 e. The topological polar surface area (TPSA) is 48.0 Å². The van der Waals surface area contributed by atoms with Gasteiger partial charge in [0.05, 0.1) is 11.3 Å². The van der Waals surface area contributed by atoms with Gasteiger partial charge in [-0.2, -0.15) is 0 Å². The summed E-state index contributed by atoms with van der Waals surface area (Å²) in [6.45, 7) is 0. The summed E-state index contributed by atoms with van der Waals surface area (Å²) in [6.07, 6.45) is 1.84. The van der Waals surface area contributed by atoms with Gasteiger partial charge in [0, 0.05) is 17.4 Å². The highest BCUT2D eigenvalue weighted by molar-refractivity contribution is 6.04. The standard InChI is InChI=1S/C23H18N2O/c24-23(26)20-16-25(19-14-8-3-9-15-19)22(18-12-6-2-7-13-18)21(20)17-10-4-1-5-11-17/h1-16H,(H2,24,26). The molecule has 0 bridgehead atoms. The predicted octanol–water partition coefficient (Wildman–Crippen LogP) is 4.91. The van der Waals surface area contributed by atoms with E-state index >= 15 is 0 Å². The van der Waals surface area contributed by atoms with Crippen molar-refractivity contribution in [3.05, 3.63) is 103 Å². The lowest BCUT2D eigenvalue weighted by Crippen LogP contribution is -2.11. The molecular formula is C23H18N2O. The van der Waals surface area contributed by atoms with Gasteiger partial charge in [-0.1, -0.05) is 78.9 Å². The first-order chi connectivity index (χ1) is 12.8. The highest BCUT2D eigenvalue weighted by atomic mass is 16.1. The summed E-state index contributed by atoms with van der Waals surface area (Å²) < 4.78 is 2.04. The first-order valence-electron chi connectivity index (χ1n) is 8.47. The fourth-order valence-corrected chi connectivity index (χ4v) is 3.26. The van der Waals surface area contributed by atoms with E-state index in [0.29, 0.717) is 5.56 Å². The second-order valence-electron chi connectivity index (χ2n) is 6.07. The summed E-state index contributed by atoms with van der Waals surface area (Å²) in [4.78, 5) is 12.2. The maximum absolute atomic E-state index is 12.2. The van der Waals surface area contributed by atoms with Gasteiger partial charge < -0.3 is 10.3 Å². The largest absolute Gasteiger partial charge is 0.366 e. The molecule has 0 aliphatic heterocycles. The molecule has 26 heavy (non-hydrogen) atoms. The van der Waals surface area contributed by atoms with Crippen molar-refractivity contribution in [2.45, 2.75) is 0 Å². The average molecular weight is 338 g/mol. The molecule has 3 aromatic carbocycles. The van der Waals surface area contributed by atoms with Crippen molar-refractivity contribution in [1.29, 1.82) is 0 Å². The first kappa shape index (κ1) is 15.9. The Labute approximate surface area is 152 Å². The maximum atomic E-state index is 12.2. The third kappa shape index (κ3) is 2.80. The van der Waals surface area contributed by atoms with Gasteiger partial charge in [0.1, 0.15) is 0 Å². The lowest BCUT2D eigenvalue weighted by molar-refractivity contribution is 0.100. The average Bonchev–Trinajstić information content (AvgIpc) is 3.11. The number of nitrogens with two attached hydrogens (primary N) is 1. The number of hydrogen-bond acceptors (Lipinski definition) is 1. The molecule has 4 rings (SSSR count). The molecule has 3 heteroatoms. The van der Waals surface area contributed by atoms with E-state index in [4.69, 9.17) is 5.73 Å². The molecule has 0 unspecified atom stereocenters. The number of benzene rings is 3. The van der Waals surface area contributed by atoms with Gasteiger partial charge in [0.25, 0.3) is 5.91 Å². The Bertz CT molecular complexity index is 1040. The first-order valence-corrected chi connectivity index (χ1v) is 8.47. The number of carbonyl (C=O) groups is 1. The minimum Gasteiger partial charge on any atom is -0.366 e. The Kier molecular flexibility index (Phi) is 4.12. The van der Waals surface area contributed by atoms with Crippen LogP contribution in [-0.4, -0.2) is 10.5 Å². The zero-order valence-corrected chi connectivity index (χ0v) is 14.2. The molecule has 0 aliphatic rings. The molecule has 0 fully saturated rings. The summed E-state index contributed by atoms with van der Waals surface area (Å²) in [5.41, 5.74) is 11.0. The van der Waals surface area contributed by atoms with E-state index in [1.54, 1.807) is 0 Å². The molecule has 1 amide bonds. The number of hydrogen-bond donors (Lipinski definition) is 1. The molecule has 1 heterocycles. The third-order valence-corrected chi connectivity index (χ3v) is 4.41. The van der Waals surface area contributed by atoms with Crippen molar-refractivity contribution in [3.8, 4) is 28.1 Å². The van der Waals surface area contributed by atoms with Crippen LogP contribution in [-0.2, 0) is 0 Å². The van der Waals surface area contributed by atoms with Gasteiger partial charge in [0.2, 0.25) is 0 Å². The summed E-state index contributed by atoms with van der Waals surface area (Å²) in [6, 6.07) is 30.0. The smallest absolute Gasteiger partial charge is 0.250 e. The van der Waals surface area contributed by atoms with Gasteiger partial charge in [-0.15, -0.1) is 0 Å². The van der Waals surface area contributed by atoms with Crippen molar-refractivity contribution in [2.24, 2.45) is 5.73 Å². The Morgan fingerprint density at radius 1 is 0.692 bits per heavy atom. The third-order valence-electron chi connectivity index (χ3n) is 4.41. The van der Waals surface area contributed by atoms with Crippen molar-refractivity contribution >= 4 is 5.91 Å². The van der Waals surface area contributed by atoms with Crippen LogP contribution in [0.3, 0.4) is 0 Å². The van der Waals surface area contributed by atoms with Crippen LogP contribution in [0.2, 0.25) is 0 Å². The van der Waals surface area contributed by atoms with E-state index in [2.05, 4.69) is 0 Å². The molecular weight excluding hydrogens is 320 g/mol. The van der Waals surface area contributed by atoms with Crippen LogP contribution in [0, 0.1) is 0 Å². The molecule has 0 atom stereocenters. The Morgan fingerprint density at radius 2 is 1.19 bits per heavy atom. The van der Waals surface area contributed by atoms with E-state index in [1.807, 2.05) is 102 Å². The van der Waals surface area contributed by atoms with Crippen LogP contribution in [0.1, 0.15) is 10.4 Å². The van der Waals surface area contributed by atoms with Crippen molar-refractivity contribution < 1.29 is 4.79 Å². The summed E-state index contributed by atoms with van der Waals surface area (Å²) in [5.74, 6) is -0.435. The van der Waals surface area contributed by atoms with Crippen molar-refractivity contribution in [2.75, 3.05) is 0 Å². The van der Waals surface area contributed by atoms with Crippen LogP contribution < -0.4 is 5.73 Å². The molecule has 2 N–H and O–H groups in total. The molecule has 126 valence electrons. The van der Waals surface area contributed by atoms with Gasteiger partial charge in [-0.25, -0.2) is 0 Å². The summed E-state index contributed by atoms with van der Waals surface area (Å²) in [5, 5.41) is 0. The Hall–Kier alpha value is -3.59. The number of nitrogens with zero attached hydrogens (tertiary/aromatic N) is 1. The highest BCUT2D eigenvalue weighted by Crippen LogP contribution is 2.38. The fraction of sp³-hybridized carbons (Fsp3) is 0. The van der Waals surface area contributed by atoms with Gasteiger partial charge >= 0.3 is 0 Å². The predicted molar refractivity (Wildman–Crippen MR) is 105 cm³/mol. The van der Waals surface area contributed by atoms with E-state index in [9.17, 15) is 4.79 Å². The van der Waals surface area contributed by atoms with Crippen LogP contribution >= 0.6 is 0 Å². The monoisotopic (exact) mass is 338 g/mol. The second-order valence-corrected chi connectivity index (χ2v) is 6.07. The van der Waals surface area contributed by atoms with Gasteiger partial charge in [-0.05, 0) is 23.3 Å². The molecule has 0 radical (unpaired) electrons. The number of amides is 1. The van der Waals surface area contributed by atoms with Crippen LogP contribution in [0.15, 0.2) is 97.2 Å². The molecule has 0 saturated heterocycles. The highest BCUT2D eigenvalue weighted by Gasteiger charge is 2.22. The molecule has 1 aromatic heterocycles.